The highest BCUT2D eigenvalue weighted by molar-refractivity contribution is 4.66. The molecule has 1 aliphatic carbocycles. The molecule has 0 aromatic carbocycles. The van der Waals surface area contributed by atoms with E-state index < -0.39 is 0 Å². The van der Waals surface area contributed by atoms with E-state index in [1.165, 1.54) is 44.9 Å². The largest absolute Gasteiger partial charge is 0.0625 e. The molecule has 0 amide bonds. The zero-order chi connectivity index (χ0) is 9.68. The minimum absolute atomic E-state index is 0.959. The second kappa shape index (κ2) is 5.67. The van der Waals surface area contributed by atoms with Crippen LogP contribution in [0.3, 0.4) is 0 Å². The predicted molar refractivity (Wildman–Crippen MR) is 59.8 cm³/mol. The average molecular weight is 182 g/mol. The standard InChI is InChI=1S/C13H26/c1-11-7-5-4-6-8-12(2)13(3)10-9-11/h11-13H,4-10H2,1-3H3. The fourth-order valence-corrected chi connectivity index (χ4v) is 2.40. The molecule has 1 saturated carbocycles. The molecule has 0 heteroatoms. The van der Waals surface area contributed by atoms with Crippen molar-refractivity contribution in [3.63, 3.8) is 0 Å². The fourth-order valence-electron chi connectivity index (χ4n) is 2.40. The zero-order valence-electron chi connectivity index (χ0n) is 9.68. The first-order valence-corrected chi connectivity index (χ1v) is 6.20. The molecule has 0 aromatic rings. The van der Waals surface area contributed by atoms with Crippen molar-refractivity contribution in [3.05, 3.63) is 0 Å². The molecule has 0 saturated heterocycles. The molecule has 0 nitrogen and oxygen atoms in total. The first-order valence-electron chi connectivity index (χ1n) is 6.20. The Morgan fingerprint density at radius 2 is 1.23 bits per heavy atom. The van der Waals surface area contributed by atoms with Gasteiger partial charge in [0.2, 0.25) is 0 Å². The van der Waals surface area contributed by atoms with E-state index in [9.17, 15) is 0 Å². The van der Waals surface area contributed by atoms with Gasteiger partial charge in [-0.15, -0.1) is 0 Å². The molecule has 78 valence electrons. The Morgan fingerprint density at radius 3 is 2.00 bits per heavy atom. The molecule has 0 radical (unpaired) electrons. The van der Waals surface area contributed by atoms with Gasteiger partial charge in [-0.25, -0.2) is 0 Å². The third kappa shape index (κ3) is 4.15. The van der Waals surface area contributed by atoms with Crippen molar-refractivity contribution >= 4 is 0 Å². The Balaban J connectivity index is 2.35. The van der Waals surface area contributed by atoms with E-state index in [-0.39, 0.29) is 0 Å². The summed E-state index contributed by atoms with van der Waals surface area (Å²) in [5, 5.41) is 0. The van der Waals surface area contributed by atoms with Gasteiger partial charge in [0.05, 0.1) is 0 Å². The van der Waals surface area contributed by atoms with Crippen LogP contribution in [-0.4, -0.2) is 0 Å². The van der Waals surface area contributed by atoms with Gasteiger partial charge in [0.25, 0.3) is 0 Å². The molecule has 0 N–H and O–H groups in total. The molecule has 1 fully saturated rings. The van der Waals surface area contributed by atoms with E-state index in [1.54, 1.807) is 0 Å². The van der Waals surface area contributed by atoms with Crippen LogP contribution >= 0.6 is 0 Å². The van der Waals surface area contributed by atoms with Crippen LogP contribution in [0.1, 0.15) is 65.7 Å². The average Bonchev–Trinajstić information content (AvgIpc) is 2.12. The van der Waals surface area contributed by atoms with Gasteiger partial charge in [-0.05, 0) is 17.8 Å². The summed E-state index contributed by atoms with van der Waals surface area (Å²) < 4.78 is 0. The smallest absolute Gasteiger partial charge is 0.0417 e. The van der Waals surface area contributed by atoms with Gasteiger partial charge in [-0.3, -0.25) is 0 Å². The lowest BCUT2D eigenvalue weighted by Crippen LogP contribution is -2.11. The van der Waals surface area contributed by atoms with Gasteiger partial charge in [0.1, 0.15) is 0 Å². The zero-order valence-corrected chi connectivity index (χ0v) is 9.68. The first kappa shape index (κ1) is 11.1. The Morgan fingerprint density at radius 1 is 0.615 bits per heavy atom. The summed E-state index contributed by atoms with van der Waals surface area (Å²) in [4.78, 5) is 0. The molecule has 0 heterocycles. The van der Waals surface area contributed by atoms with E-state index in [2.05, 4.69) is 20.8 Å². The molecular formula is C13H26. The second-order valence-corrected chi connectivity index (χ2v) is 5.28. The maximum absolute atomic E-state index is 2.44. The molecule has 1 aliphatic rings. The summed E-state index contributed by atoms with van der Waals surface area (Å²) in [5.41, 5.74) is 0. The fraction of sp³-hybridized carbons (Fsp3) is 1.00. The van der Waals surface area contributed by atoms with Crippen molar-refractivity contribution in [1.82, 2.24) is 0 Å². The van der Waals surface area contributed by atoms with Crippen molar-refractivity contribution in [1.29, 1.82) is 0 Å². The highest BCUT2D eigenvalue weighted by atomic mass is 14.2. The Hall–Kier alpha value is 0. The van der Waals surface area contributed by atoms with Gasteiger partial charge in [0.15, 0.2) is 0 Å². The summed E-state index contributed by atoms with van der Waals surface area (Å²) in [6.07, 6.45) is 10.3. The van der Waals surface area contributed by atoms with Crippen LogP contribution in [0.4, 0.5) is 0 Å². The third-order valence-corrected chi connectivity index (χ3v) is 3.94. The maximum Gasteiger partial charge on any atom is -0.0417 e. The van der Waals surface area contributed by atoms with E-state index in [0.717, 1.165) is 17.8 Å². The molecular weight excluding hydrogens is 156 g/mol. The van der Waals surface area contributed by atoms with Crippen molar-refractivity contribution < 1.29 is 0 Å². The van der Waals surface area contributed by atoms with Crippen molar-refractivity contribution in [3.8, 4) is 0 Å². The monoisotopic (exact) mass is 182 g/mol. The lowest BCUT2D eigenvalue weighted by Gasteiger charge is -2.23. The van der Waals surface area contributed by atoms with Gasteiger partial charge in [-0.2, -0.15) is 0 Å². The third-order valence-electron chi connectivity index (χ3n) is 3.94. The lowest BCUT2D eigenvalue weighted by atomic mass is 9.83. The van der Waals surface area contributed by atoms with Crippen molar-refractivity contribution in [2.24, 2.45) is 17.8 Å². The van der Waals surface area contributed by atoms with Crippen LogP contribution in [0.2, 0.25) is 0 Å². The molecule has 1 rings (SSSR count). The number of hydrogen-bond donors (Lipinski definition) is 0. The van der Waals surface area contributed by atoms with E-state index in [4.69, 9.17) is 0 Å². The highest BCUT2D eigenvalue weighted by Crippen LogP contribution is 2.27. The Kier molecular flexibility index (Phi) is 4.83. The minimum Gasteiger partial charge on any atom is -0.0625 e. The molecule has 3 unspecified atom stereocenters. The lowest BCUT2D eigenvalue weighted by molar-refractivity contribution is 0.287. The SMILES string of the molecule is CC1CCCCCC(C)C(C)CC1. The van der Waals surface area contributed by atoms with Gasteiger partial charge in [0, 0.05) is 0 Å². The van der Waals surface area contributed by atoms with Crippen molar-refractivity contribution in [2.75, 3.05) is 0 Å². The van der Waals surface area contributed by atoms with E-state index >= 15 is 0 Å². The summed E-state index contributed by atoms with van der Waals surface area (Å²) in [6, 6.07) is 0. The topological polar surface area (TPSA) is 0 Å². The molecule has 0 bridgehead atoms. The van der Waals surface area contributed by atoms with Crippen LogP contribution in [0.5, 0.6) is 0 Å². The normalized spacial score (nSPS) is 38.5. The first-order chi connectivity index (χ1) is 6.20. The Bertz CT molecular complexity index is 128. The molecule has 13 heavy (non-hydrogen) atoms. The summed E-state index contributed by atoms with van der Waals surface area (Å²) in [6.45, 7) is 7.31. The predicted octanol–water partition coefficient (Wildman–Crippen LogP) is 4.64. The second-order valence-electron chi connectivity index (χ2n) is 5.28. The quantitative estimate of drug-likeness (QED) is 0.512. The van der Waals surface area contributed by atoms with Gasteiger partial charge < -0.3 is 0 Å². The van der Waals surface area contributed by atoms with E-state index in [0.29, 0.717) is 0 Å². The minimum atomic E-state index is 0.959. The molecule has 0 aromatic heterocycles. The molecule has 3 atom stereocenters. The maximum atomic E-state index is 2.44. The highest BCUT2D eigenvalue weighted by Gasteiger charge is 2.14. The van der Waals surface area contributed by atoms with Crippen molar-refractivity contribution in [2.45, 2.75) is 65.7 Å². The summed E-state index contributed by atoms with van der Waals surface area (Å²) >= 11 is 0. The molecule has 0 aliphatic heterocycles. The Labute approximate surface area is 84.1 Å². The van der Waals surface area contributed by atoms with E-state index in [1.807, 2.05) is 0 Å². The van der Waals surface area contributed by atoms with Crippen LogP contribution in [0, 0.1) is 17.8 Å². The summed E-state index contributed by atoms with van der Waals surface area (Å²) in [5.74, 6) is 2.90. The van der Waals surface area contributed by atoms with Gasteiger partial charge in [-0.1, -0.05) is 65.7 Å². The van der Waals surface area contributed by atoms with Crippen LogP contribution < -0.4 is 0 Å². The van der Waals surface area contributed by atoms with Crippen LogP contribution in [0.25, 0.3) is 0 Å². The number of rotatable bonds is 0. The summed E-state index contributed by atoms with van der Waals surface area (Å²) in [7, 11) is 0. The molecule has 0 spiro atoms. The van der Waals surface area contributed by atoms with Crippen LogP contribution in [-0.2, 0) is 0 Å². The van der Waals surface area contributed by atoms with Gasteiger partial charge >= 0.3 is 0 Å². The van der Waals surface area contributed by atoms with Crippen LogP contribution in [0.15, 0.2) is 0 Å². The number of hydrogen-bond acceptors (Lipinski definition) is 0.